The molecule has 1 atom stereocenters. The third-order valence-electron chi connectivity index (χ3n) is 4.31. The van der Waals surface area contributed by atoms with Gasteiger partial charge in [0.2, 0.25) is 5.91 Å². The predicted octanol–water partition coefficient (Wildman–Crippen LogP) is 1.46. The van der Waals surface area contributed by atoms with Crippen LogP contribution in [0.4, 0.5) is 0 Å². The smallest absolute Gasteiger partial charge is 0.331 e. The van der Waals surface area contributed by atoms with Gasteiger partial charge in [-0.2, -0.15) is 0 Å². The summed E-state index contributed by atoms with van der Waals surface area (Å²) in [5, 5.41) is 3.28. The topological polar surface area (TPSA) is 86.0 Å². The van der Waals surface area contributed by atoms with Crippen LogP contribution < -0.4 is 16.6 Å². The molecule has 0 bridgehead atoms. The highest BCUT2D eigenvalue weighted by molar-refractivity contribution is 5.81. The van der Waals surface area contributed by atoms with Gasteiger partial charge in [-0.05, 0) is 37.6 Å². The molecule has 0 aliphatic rings. The van der Waals surface area contributed by atoms with Gasteiger partial charge < -0.3 is 5.32 Å². The highest BCUT2D eigenvalue weighted by Crippen LogP contribution is 2.11. The lowest BCUT2D eigenvalue weighted by Gasteiger charge is -2.16. The first-order chi connectivity index (χ1) is 12.5. The number of para-hydroxylation sites is 1. The number of nitrogens with zero attached hydrogens (tertiary/aromatic N) is 3. The standard InChI is InChI=1S/C19H20N4O3/c1-3-22-18(25)15-8-4-5-9-16(15)23(19(22)26)12-17(24)21-13(2)14-7-6-10-20-11-14/h4-11,13H,3,12H2,1-2H3,(H,21,24). The SMILES string of the molecule is CCn1c(=O)c2ccccc2n(CC(=O)NC(C)c2cccnc2)c1=O. The molecule has 3 aromatic rings. The van der Waals surface area contributed by atoms with E-state index in [-0.39, 0.29) is 30.6 Å². The van der Waals surface area contributed by atoms with Gasteiger partial charge in [0.05, 0.1) is 16.9 Å². The number of hydrogen-bond acceptors (Lipinski definition) is 4. The first-order valence-corrected chi connectivity index (χ1v) is 8.44. The van der Waals surface area contributed by atoms with Gasteiger partial charge in [0, 0.05) is 18.9 Å². The highest BCUT2D eigenvalue weighted by Gasteiger charge is 2.16. The fourth-order valence-corrected chi connectivity index (χ4v) is 2.95. The number of aromatic nitrogens is 3. The van der Waals surface area contributed by atoms with E-state index in [1.54, 1.807) is 49.6 Å². The molecule has 1 amide bonds. The van der Waals surface area contributed by atoms with Gasteiger partial charge in [-0.3, -0.25) is 23.7 Å². The molecule has 0 saturated carbocycles. The second-order valence-electron chi connectivity index (χ2n) is 6.01. The molecular weight excluding hydrogens is 332 g/mol. The summed E-state index contributed by atoms with van der Waals surface area (Å²) in [6, 6.07) is 10.2. The van der Waals surface area contributed by atoms with E-state index in [1.807, 2.05) is 13.0 Å². The van der Waals surface area contributed by atoms with Gasteiger partial charge in [-0.1, -0.05) is 18.2 Å². The molecule has 7 heteroatoms. The number of fused-ring (bicyclic) bond motifs is 1. The molecule has 3 rings (SSSR count). The Kier molecular flexibility index (Phi) is 4.97. The Morgan fingerprint density at radius 1 is 1.15 bits per heavy atom. The first kappa shape index (κ1) is 17.6. The van der Waals surface area contributed by atoms with Crippen LogP contribution in [0.25, 0.3) is 10.9 Å². The number of pyridine rings is 1. The molecular formula is C19H20N4O3. The van der Waals surface area contributed by atoms with E-state index >= 15 is 0 Å². The summed E-state index contributed by atoms with van der Waals surface area (Å²) < 4.78 is 2.48. The maximum Gasteiger partial charge on any atom is 0.331 e. The molecule has 1 aromatic carbocycles. The molecule has 0 radical (unpaired) electrons. The third-order valence-corrected chi connectivity index (χ3v) is 4.31. The van der Waals surface area contributed by atoms with Crippen LogP contribution in [0.2, 0.25) is 0 Å². The summed E-state index contributed by atoms with van der Waals surface area (Å²) in [6.07, 6.45) is 3.35. The normalized spacial score (nSPS) is 12.1. The third kappa shape index (κ3) is 3.28. The molecule has 0 aliphatic heterocycles. The van der Waals surface area contributed by atoms with Crippen LogP contribution in [-0.4, -0.2) is 20.0 Å². The predicted molar refractivity (Wildman–Crippen MR) is 98.9 cm³/mol. The van der Waals surface area contributed by atoms with Crippen molar-refractivity contribution in [3.8, 4) is 0 Å². The maximum atomic E-state index is 12.7. The lowest BCUT2D eigenvalue weighted by molar-refractivity contribution is -0.122. The fourth-order valence-electron chi connectivity index (χ4n) is 2.95. The van der Waals surface area contributed by atoms with Crippen LogP contribution in [-0.2, 0) is 17.9 Å². The Labute approximate surface area is 149 Å². The molecule has 2 aromatic heterocycles. The van der Waals surface area contributed by atoms with Crippen molar-refractivity contribution in [1.82, 2.24) is 19.4 Å². The van der Waals surface area contributed by atoms with Crippen molar-refractivity contribution >= 4 is 16.8 Å². The van der Waals surface area contributed by atoms with E-state index in [0.717, 1.165) is 10.1 Å². The Hall–Kier alpha value is -3.22. The number of carbonyl (C=O) groups excluding carboxylic acids is 1. The molecule has 1 N–H and O–H groups in total. The monoisotopic (exact) mass is 352 g/mol. The van der Waals surface area contributed by atoms with Crippen molar-refractivity contribution in [3.05, 3.63) is 75.2 Å². The molecule has 0 saturated heterocycles. The van der Waals surface area contributed by atoms with E-state index < -0.39 is 5.69 Å². The quantitative estimate of drug-likeness (QED) is 0.753. The largest absolute Gasteiger partial charge is 0.348 e. The Morgan fingerprint density at radius 2 is 1.92 bits per heavy atom. The van der Waals surface area contributed by atoms with E-state index in [4.69, 9.17) is 0 Å². The minimum atomic E-state index is -0.486. The zero-order chi connectivity index (χ0) is 18.7. The number of nitrogens with one attached hydrogen (secondary N) is 1. The van der Waals surface area contributed by atoms with Gasteiger partial charge in [0.25, 0.3) is 5.56 Å². The number of benzene rings is 1. The van der Waals surface area contributed by atoms with Crippen LogP contribution in [0.15, 0.2) is 58.4 Å². The lowest BCUT2D eigenvalue weighted by Crippen LogP contribution is -2.42. The van der Waals surface area contributed by atoms with Crippen LogP contribution in [0.5, 0.6) is 0 Å². The summed E-state index contributed by atoms with van der Waals surface area (Å²) in [5.41, 5.74) is 0.502. The minimum absolute atomic E-state index is 0.162. The lowest BCUT2D eigenvalue weighted by atomic mass is 10.1. The second-order valence-corrected chi connectivity index (χ2v) is 6.01. The number of hydrogen-bond donors (Lipinski definition) is 1. The van der Waals surface area contributed by atoms with E-state index in [0.29, 0.717) is 10.9 Å². The average Bonchev–Trinajstić information content (AvgIpc) is 2.66. The van der Waals surface area contributed by atoms with Crippen molar-refractivity contribution in [2.24, 2.45) is 0 Å². The summed E-state index contributed by atoms with van der Waals surface area (Å²) in [5.74, 6) is -0.310. The molecule has 7 nitrogen and oxygen atoms in total. The zero-order valence-corrected chi connectivity index (χ0v) is 14.7. The molecule has 0 aliphatic carbocycles. The Bertz CT molecular complexity index is 1050. The van der Waals surface area contributed by atoms with E-state index in [9.17, 15) is 14.4 Å². The average molecular weight is 352 g/mol. The van der Waals surface area contributed by atoms with Gasteiger partial charge in [0.1, 0.15) is 6.54 Å². The van der Waals surface area contributed by atoms with Crippen molar-refractivity contribution in [2.75, 3.05) is 0 Å². The van der Waals surface area contributed by atoms with Crippen LogP contribution in [0.1, 0.15) is 25.5 Å². The number of rotatable bonds is 5. The minimum Gasteiger partial charge on any atom is -0.348 e. The molecule has 26 heavy (non-hydrogen) atoms. The Morgan fingerprint density at radius 3 is 2.62 bits per heavy atom. The first-order valence-electron chi connectivity index (χ1n) is 8.44. The van der Waals surface area contributed by atoms with Crippen LogP contribution in [0, 0.1) is 0 Å². The molecule has 0 spiro atoms. The highest BCUT2D eigenvalue weighted by atomic mass is 16.2. The van der Waals surface area contributed by atoms with E-state index in [1.165, 1.54) is 4.57 Å². The van der Waals surface area contributed by atoms with Crippen molar-refractivity contribution in [1.29, 1.82) is 0 Å². The van der Waals surface area contributed by atoms with Gasteiger partial charge in [0.15, 0.2) is 0 Å². The Balaban J connectivity index is 1.95. The summed E-state index contributed by atoms with van der Waals surface area (Å²) in [7, 11) is 0. The molecule has 134 valence electrons. The van der Waals surface area contributed by atoms with Gasteiger partial charge in [-0.25, -0.2) is 4.79 Å². The maximum absolute atomic E-state index is 12.7. The van der Waals surface area contributed by atoms with Gasteiger partial charge in [-0.15, -0.1) is 0 Å². The fraction of sp³-hybridized carbons (Fsp3) is 0.263. The molecule has 0 fully saturated rings. The zero-order valence-electron chi connectivity index (χ0n) is 14.7. The summed E-state index contributed by atoms with van der Waals surface area (Å²) >= 11 is 0. The van der Waals surface area contributed by atoms with Gasteiger partial charge >= 0.3 is 5.69 Å². The molecule has 2 heterocycles. The van der Waals surface area contributed by atoms with Crippen molar-refractivity contribution < 1.29 is 4.79 Å². The molecule has 1 unspecified atom stereocenters. The number of amides is 1. The second kappa shape index (κ2) is 7.35. The van der Waals surface area contributed by atoms with E-state index in [2.05, 4.69) is 10.3 Å². The van der Waals surface area contributed by atoms with Crippen LogP contribution >= 0.6 is 0 Å². The number of carbonyl (C=O) groups is 1. The summed E-state index contributed by atoms with van der Waals surface area (Å²) in [4.78, 5) is 41.6. The van der Waals surface area contributed by atoms with Crippen molar-refractivity contribution in [3.63, 3.8) is 0 Å². The summed E-state index contributed by atoms with van der Waals surface area (Å²) in [6.45, 7) is 3.66. The van der Waals surface area contributed by atoms with Crippen LogP contribution in [0.3, 0.4) is 0 Å². The van der Waals surface area contributed by atoms with Crippen molar-refractivity contribution in [2.45, 2.75) is 33.0 Å².